The Kier molecular flexibility index (Phi) is 5.04. The zero-order valence-corrected chi connectivity index (χ0v) is 13.9. The molecule has 1 heterocycles. The van der Waals surface area contributed by atoms with Gasteiger partial charge in [0.05, 0.1) is 11.7 Å². The highest BCUT2D eigenvalue weighted by atomic mass is 16.1. The van der Waals surface area contributed by atoms with E-state index < -0.39 is 6.04 Å². The molecule has 3 aromatic rings. The van der Waals surface area contributed by atoms with Crippen LogP contribution in [-0.4, -0.2) is 15.9 Å². The minimum absolute atomic E-state index is 0.204. The fourth-order valence-electron chi connectivity index (χ4n) is 2.57. The molecular weight excluding hydrogens is 314 g/mol. The lowest BCUT2D eigenvalue weighted by Crippen LogP contribution is -2.29. The largest absolute Gasteiger partial charge is 0.342 e. The van der Waals surface area contributed by atoms with Crippen LogP contribution in [-0.2, 0) is 6.42 Å². The van der Waals surface area contributed by atoms with Crippen LogP contribution in [0, 0.1) is 0 Å². The van der Waals surface area contributed by atoms with Gasteiger partial charge in [-0.1, -0.05) is 48.5 Å². The topological polar surface area (TPSA) is 74.8 Å². The Morgan fingerprint density at radius 1 is 1.08 bits per heavy atom. The molecule has 1 amide bonds. The van der Waals surface area contributed by atoms with Crippen molar-refractivity contribution in [1.29, 1.82) is 0 Å². The Hall–Kier alpha value is -3.21. The van der Waals surface area contributed by atoms with Gasteiger partial charge in [0.1, 0.15) is 5.82 Å². The van der Waals surface area contributed by atoms with E-state index in [1.165, 1.54) is 6.07 Å². The molecule has 0 saturated carbocycles. The van der Waals surface area contributed by atoms with Gasteiger partial charge in [0, 0.05) is 18.1 Å². The van der Waals surface area contributed by atoms with E-state index in [2.05, 4.69) is 15.3 Å². The molecule has 2 N–H and O–H groups in total. The van der Waals surface area contributed by atoms with Gasteiger partial charge in [-0.05, 0) is 24.6 Å². The highest BCUT2D eigenvalue weighted by Gasteiger charge is 2.14. The Morgan fingerprint density at radius 3 is 2.40 bits per heavy atom. The van der Waals surface area contributed by atoms with Crippen LogP contribution in [0.2, 0.25) is 0 Å². The first-order valence-corrected chi connectivity index (χ1v) is 8.12. The number of nitrogens with zero attached hydrogens (tertiary/aromatic N) is 1. The van der Waals surface area contributed by atoms with Gasteiger partial charge < -0.3 is 10.3 Å². The highest BCUT2D eigenvalue weighted by molar-refractivity contribution is 5.94. The predicted molar refractivity (Wildman–Crippen MR) is 96.4 cm³/mol. The normalized spacial score (nSPS) is 11.7. The summed E-state index contributed by atoms with van der Waals surface area (Å²) in [5.74, 6) is 0.243. The molecule has 0 radical (unpaired) electrons. The number of benzene rings is 2. The maximum Gasteiger partial charge on any atom is 0.251 e. The number of rotatable bonds is 5. The summed E-state index contributed by atoms with van der Waals surface area (Å²) >= 11 is 0. The average molecular weight is 333 g/mol. The summed E-state index contributed by atoms with van der Waals surface area (Å²) in [5.41, 5.74) is 2.09. The lowest BCUT2D eigenvalue weighted by atomic mass is 10.1. The van der Waals surface area contributed by atoms with Crippen LogP contribution in [0.15, 0.2) is 71.5 Å². The second kappa shape index (κ2) is 7.57. The summed E-state index contributed by atoms with van der Waals surface area (Å²) in [7, 11) is 0. The van der Waals surface area contributed by atoms with Crippen molar-refractivity contribution in [3.63, 3.8) is 0 Å². The van der Waals surface area contributed by atoms with Crippen LogP contribution in [0.1, 0.15) is 40.4 Å². The molecule has 0 aliphatic carbocycles. The van der Waals surface area contributed by atoms with E-state index >= 15 is 0 Å². The Labute approximate surface area is 145 Å². The van der Waals surface area contributed by atoms with Gasteiger partial charge in [-0.25, -0.2) is 4.98 Å². The van der Waals surface area contributed by atoms with Crippen LogP contribution in [0.4, 0.5) is 0 Å². The van der Waals surface area contributed by atoms with Crippen LogP contribution in [0.5, 0.6) is 0 Å². The molecule has 2 aromatic carbocycles. The lowest BCUT2D eigenvalue weighted by Gasteiger charge is -2.14. The van der Waals surface area contributed by atoms with E-state index in [4.69, 9.17) is 0 Å². The Balaban J connectivity index is 1.77. The molecule has 1 aromatic heterocycles. The fraction of sp³-hybridized carbons (Fsp3) is 0.150. The van der Waals surface area contributed by atoms with E-state index in [1.807, 2.05) is 36.4 Å². The zero-order valence-electron chi connectivity index (χ0n) is 13.9. The maximum absolute atomic E-state index is 12.3. The zero-order chi connectivity index (χ0) is 17.6. The number of aromatic nitrogens is 2. The van der Waals surface area contributed by atoms with Gasteiger partial charge in [-0.15, -0.1) is 0 Å². The molecule has 0 fully saturated rings. The number of hydrogen-bond acceptors (Lipinski definition) is 3. The minimum atomic E-state index is -0.406. The second-order valence-electron chi connectivity index (χ2n) is 5.85. The first-order valence-electron chi connectivity index (χ1n) is 8.12. The number of carbonyl (C=O) groups excluding carboxylic acids is 1. The molecule has 0 bridgehead atoms. The number of amides is 1. The van der Waals surface area contributed by atoms with E-state index in [1.54, 1.807) is 31.2 Å². The average Bonchev–Trinajstić information content (AvgIpc) is 2.62. The smallest absolute Gasteiger partial charge is 0.251 e. The second-order valence-corrected chi connectivity index (χ2v) is 5.85. The van der Waals surface area contributed by atoms with Crippen molar-refractivity contribution < 1.29 is 4.79 Å². The molecule has 5 heteroatoms. The Morgan fingerprint density at radius 2 is 1.72 bits per heavy atom. The number of hydrogen-bond donors (Lipinski definition) is 2. The van der Waals surface area contributed by atoms with E-state index in [0.717, 1.165) is 5.56 Å². The number of nitrogens with one attached hydrogen (secondary N) is 2. The molecule has 126 valence electrons. The quantitative estimate of drug-likeness (QED) is 0.754. The fourth-order valence-corrected chi connectivity index (χ4v) is 2.57. The van der Waals surface area contributed by atoms with Crippen molar-refractivity contribution in [3.05, 3.63) is 99.7 Å². The molecule has 0 spiro atoms. The van der Waals surface area contributed by atoms with Gasteiger partial charge in [-0.2, -0.15) is 0 Å². The first kappa shape index (κ1) is 16.6. The molecule has 3 rings (SSSR count). The summed E-state index contributed by atoms with van der Waals surface area (Å²) in [6.07, 6.45) is 0.567. The molecule has 1 atom stereocenters. The van der Waals surface area contributed by atoms with Crippen molar-refractivity contribution in [1.82, 2.24) is 15.3 Å². The van der Waals surface area contributed by atoms with Crippen molar-refractivity contribution in [2.75, 3.05) is 0 Å². The third-order valence-electron chi connectivity index (χ3n) is 3.83. The van der Waals surface area contributed by atoms with E-state index in [9.17, 15) is 9.59 Å². The summed E-state index contributed by atoms with van der Waals surface area (Å²) in [6, 6.07) is 19.9. The molecule has 0 aliphatic rings. The summed E-state index contributed by atoms with van der Waals surface area (Å²) < 4.78 is 0. The van der Waals surface area contributed by atoms with Gasteiger partial charge >= 0.3 is 0 Å². The van der Waals surface area contributed by atoms with Crippen LogP contribution in [0.25, 0.3) is 0 Å². The van der Waals surface area contributed by atoms with Gasteiger partial charge in [0.2, 0.25) is 0 Å². The van der Waals surface area contributed by atoms with Crippen LogP contribution < -0.4 is 10.9 Å². The number of aromatic amines is 1. The van der Waals surface area contributed by atoms with Crippen molar-refractivity contribution >= 4 is 5.91 Å². The third-order valence-corrected chi connectivity index (χ3v) is 3.83. The highest BCUT2D eigenvalue weighted by Crippen LogP contribution is 2.10. The minimum Gasteiger partial charge on any atom is -0.342 e. The summed E-state index contributed by atoms with van der Waals surface area (Å²) in [4.78, 5) is 31.4. The van der Waals surface area contributed by atoms with Crippen LogP contribution in [0.3, 0.4) is 0 Å². The standard InChI is InChI=1S/C20H19N3O2/c1-14(21-20(25)16-10-6-3-7-11-16)19-22-17(13-18(24)23-19)12-15-8-4-2-5-9-15/h2-11,13-14H,12H2,1H3,(H,21,25)(H,22,23,24). The summed E-state index contributed by atoms with van der Waals surface area (Å²) in [5, 5.41) is 2.86. The third kappa shape index (κ3) is 4.41. The number of H-pyrrole nitrogens is 1. The molecular formula is C20H19N3O2. The molecule has 5 nitrogen and oxygen atoms in total. The first-order chi connectivity index (χ1) is 12.1. The van der Waals surface area contributed by atoms with Crippen molar-refractivity contribution in [2.45, 2.75) is 19.4 Å². The molecule has 0 saturated heterocycles. The van der Waals surface area contributed by atoms with Gasteiger partial charge in [0.25, 0.3) is 11.5 Å². The van der Waals surface area contributed by atoms with Crippen molar-refractivity contribution in [3.8, 4) is 0 Å². The monoisotopic (exact) mass is 333 g/mol. The SMILES string of the molecule is CC(NC(=O)c1ccccc1)c1nc(Cc2ccccc2)cc(=O)[nH]1. The van der Waals surface area contributed by atoms with Gasteiger partial charge in [0.15, 0.2) is 0 Å². The van der Waals surface area contributed by atoms with Gasteiger partial charge in [-0.3, -0.25) is 9.59 Å². The van der Waals surface area contributed by atoms with E-state index in [-0.39, 0.29) is 11.5 Å². The Bertz CT molecular complexity index is 905. The lowest BCUT2D eigenvalue weighted by molar-refractivity contribution is 0.0938. The maximum atomic E-state index is 12.3. The summed E-state index contributed by atoms with van der Waals surface area (Å²) in [6.45, 7) is 1.80. The number of carbonyl (C=O) groups is 1. The molecule has 1 unspecified atom stereocenters. The van der Waals surface area contributed by atoms with Crippen LogP contribution >= 0.6 is 0 Å². The molecule has 25 heavy (non-hydrogen) atoms. The molecule has 0 aliphatic heterocycles. The van der Waals surface area contributed by atoms with Crippen molar-refractivity contribution in [2.24, 2.45) is 0 Å². The predicted octanol–water partition coefficient (Wildman–Crippen LogP) is 2.85. The van der Waals surface area contributed by atoms with E-state index in [0.29, 0.717) is 23.5 Å².